The van der Waals surface area contributed by atoms with Crippen LogP contribution in [0, 0.1) is 11.6 Å². The molecule has 0 aliphatic rings. The highest BCUT2D eigenvalue weighted by Crippen LogP contribution is 2.33. The van der Waals surface area contributed by atoms with Crippen molar-refractivity contribution in [2.75, 3.05) is 0 Å². The maximum atomic E-state index is 14.4. The SMILES string of the molecule is C[C@H](c1cccc(F)c1)N(C(=O)c1ccccc1F)[C@H](C(N)=O)c1ccccc1. The second-order valence-corrected chi connectivity index (χ2v) is 6.64. The zero-order chi connectivity index (χ0) is 21.0. The number of hydrogen-bond acceptors (Lipinski definition) is 2. The van der Waals surface area contributed by atoms with Gasteiger partial charge in [0.1, 0.15) is 17.7 Å². The Labute approximate surface area is 167 Å². The van der Waals surface area contributed by atoms with E-state index in [1.165, 1.54) is 47.4 Å². The zero-order valence-electron chi connectivity index (χ0n) is 15.8. The van der Waals surface area contributed by atoms with Gasteiger partial charge < -0.3 is 10.6 Å². The first-order valence-electron chi connectivity index (χ1n) is 9.07. The summed E-state index contributed by atoms with van der Waals surface area (Å²) in [6, 6.07) is 17.8. The zero-order valence-corrected chi connectivity index (χ0v) is 15.8. The molecule has 6 heteroatoms. The fraction of sp³-hybridized carbons (Fsp3) is 0.130. The average molecular weight is 394 g/mol. The maximum Gasteiger partial charge on any atom is 0.258 e. The van der Waals surface area contributed by atoms with E-state index in [2.05, 4.69) is 0 Å². The van der Waals surface area contributed by atoms with E-state index in [0.717, 1.165) is 0 Å². The van der Waals surface area contributed by atoms with Gasteiger partial charge in [0.15, 0.2) is 0 Å². The second-order valence-electron chi connectivity index (χ2n) is 6.64. The number of amides is 2. The molecular weight excluding hydrogens is 374 g/mol. The molecule has 0 saturated carbocycles. The van der Waals surface area contributed by atoms with Crippen molar-refractivity contribution >= 4 is 11.8 Å². The highest BCUT2D eigenvalue weighted by atomic mass is 19.1. The molecule has 3 aromatic rings. The average Bonchev–Trinajstić information content (AvgIpc) is 2.71. The molecule has 0 aromatic heterocycles. The van der Waals surface area contributed by atoms with Gasteiger partial charge in [0.25, 0.3) is 5.91 Å². The third kappa shape index (κ3) is 4.32. The molecule has 3 rings (SSSR count). The number of hydrogen-bond donors (Lipinski definition) is 1. The second kappa shape index (κ2) is 8.65. The van der Waals surface area contributed by atoms with E-state index in [0.29, 0.717) is 11.1 Å². The third-order valence-electron chi connectivity index (χ3n) is 4.75. The number of nitrogens with two attached hydrogens (primary N) is 1. The van der Waals surface area contributed by atoms with Crippen molar-refractivity contribution in [3.8, 4) is 0 Å². The number of halogens is 2. The molecule has 0 heterocycles. The van der Waals surface area contributed by atoms with Crippen LogP contribution in [0.4, 0.5) is 8.78 Å². The molecule has 0 unspecified atom stereocenters. The van der Waals surface area contributed by atoms with Gasteiger partial charge in [-0.15, -0.1) is 0 Å². The summed E-state index contributed by atoms with van der Waals surface area (Å²) >= 11 is 0. The van der Waals surface area contributed by atoms with E-state index in [-0.39, 0.29) is 5.56 Å². The molecule has 0 aliphatic heterocycles. The molecule has 2 amide bonds. The molecule has 29 heavy (non-hydrogen) atoms. The van der Waals surface area contributed by atoms with Gasteiger partial charge in [-0.1, -0.05) is 54.6 Å². The number of nitrogens with zero attached hydrogens (tertiary/aromatic N) is 1. The fourth-order valence-corrected chi connectivity index (χ4v) is 3.31. The van der Waals surface area contributed by atoms with Crippen LogP contribution in [0.2, 0.25) is 0 Å². The Hall–Kier alpha value is -3.54. The van der Waals surface area contributed by atoms with Gasteiger partial charge in [0, 0.05) is 0 Å². The van der Waals surface area contributed by atoms with Crippen LogP contribution in [0.25, 0.3) is 0 Å². The van der Waals surface area contributed by atoms with Crippen LogP contribution < -0.4 is 5.73 Å². The van der Waals surface area contributed by atoms with Crippen molar-refractivity contribution in [3.63, 3.8) is 0 Å². The topological polar surface area (TPSA) is 63.4 Å². The van der Waals surface area contributed by atoms with Crippen LogP contribution in [-0.2, 0) is 4.79 Å². The lowest BCUT2D eigenvalue weighted by Gasteiger charge is -2.35. The van der Waals surface area contributed by atoms with Crippen LogP contribution in [0.1, 0.15) is 40.5 Å². The van der Waals surface area contributed by atoms with Crippen molar-refractivity contribution in [2.45, 2.75) is 19.0 Å². The predicted octanol–water partition coefficient (Wildman–Crippen LogP) is 4.39. The maximum absolute atomic E-state index is 14.4. The number of primary amides is 1. The van der Waals surface area contributed by atoms with E-state index in [4.69, 9.17) is 5.73 Å². The minimum atomic E-state index is -1.17. The Morgan fingerprint density at radius 3 is 2.10 bits per heavy atom. The number of carbonyl (C=O) groups excluding carboxylic acids is 2. The largest absolute Gasteiger partial charge is 0.368 e. The lowest BCUT2D eigenvalue weighted by Crippen LogP contribution is -2.43. The van der Waals surface area contributed by atoms with Crippen LogP contribution >= 0.6 is 0 Å². The van der Waals surface area contributed by atoms with Crippen LogP contribution in [0.5, 0.6) is 0 Å². The Morgan fingerprint density at radius 2 is 1.48 bits per heavy atom. The molecule has 0 fully saturated rings. The summed E-state index contributed by atoms with van der Waals surface area (Å²) in [4.78, 5) is 27.0. The highest BCUT2D eigenvalue weighted by Gasteiger charge is 2.35. The van der Waals surface area contributed by atoms with E-state index >= 15 is 0 Å². The number of benzene rings is 3. The Morgan fingerprint density at radius 1 is 0.862 bits per heavy atom. The molecule has 0 spiro atoms. The molecular formula is C23H20F2N2O2. The Balaban J connectivity index is 2.16. The monoisotopic (exact) mass is 394 g/mol. The summed E-state index contributed by atoms with van der Waals surface area (Å²) in [7, 11) is 0. The van der Waals surface area contributed by atoms with Crippen LogP contribution in [0.3, 0.4) is 0 Å². The standard InChI is InChI=1S/C23H20F2N2O2/c1-15(17-10-7-11-18(24)14-17)27(23(29)19-12-5-6-13-20(19)25)21(22(26)28)16-8-3-2-4-9-16/h2-15,21H,1H3,(H2,26,28)/t15-,21+/m1/s1. The van der Waals surface area contributed by atoms with Crippen LogP contribution in [0.15, 0.2) is 78.9 Å². The molecule has 0 saturated heterocycles. The highest BCUT2D eigenvalue weighted by molar-refractivity contribution is 5.98. The first-order valence-corrected chi connectivity index (χ1v) is 9.07. The molecule has 2 atom stereocenters. The van der Waals surface area contributed by atoms with E-state index in [1.807, 2.05) is 0 Å². The van der Waals surface area contributed by atoms with Crippen molar-refractivity contribution < 1.29 is 18.4 Å². The van der Waals surface area contributed by atoms with Gasteiger partial charge in [0.2, 0.25) is 5.91 Å². The van der Waals surface area contributed by atoms with Gasteiger partial charge in [0.05, 0.1) is 11.6 Å². The van der Waals surface area contributed by atoms with Crippen molar-refractivity contribution in [1.82, 2.24) is 4.90 Å². The van der Waals surface area contributed by atoms with Gasteiger partial charge in [-0.25, -0.2) is 8.78 Å². The van der Waals surface area contributed by atoms with Crippen LogP contribution in [-0.4, -0.2) is 16.7 Å². The molecule has 148 valence electrons. The summed E-state index contributed by atoms with van der Waals surface area (Å²) in [5, 5.41) is 0. The van der Waals surface area contributed by atoms with E-state index < -0.39 is 35.5 Å². The lowest BCUT2D eigenvalue weighted by molar-refractivity contribution is -0.123. The van der Waals surface area contributed by atoms with E-state index in [1.54, 1.807) is 43.3 Å². The van der Waals surface area contributed by atoms with Crippen molar-refractivity contribution in [2.24, 2.45) is 5.73 Å². The van der Waals surface area contributed by atoms with Gasteiger partial charge in [-0.2, -0.15) is 0 Å². The summed E-state index contributed by atoms with van der Waals surface area (Å²) in [6.45, 7) is 1.65. The van der Waals surface area contributed by atoms with Crippen molar-refractivity contribution in [3.05, 3.63) is 107 Å². The number of rotatable bonds is 6. The molecule has 0 bridgehead atoms. The third-order valence-corrected chi connectivity index (χ3v) is 4.75. The quantitative estimate of drug-likeness (QED) is 0.674. The first-order chi connectivity index (χ1) is 13.9. The summed E-state index contributed by atoms with van der Waals surface area (Å²) in [5.74, 6) is -2.69. The molecule has 4 nitrogen and oxygen atoms in total. The van der Waals surface area contributed by atoms with E-state index in [9.17, 15) is 18.4 Å². The summed E-state index contributed by atoms with van der Waals surface area (Å²) in [5.41, 5.74) is 6.41. The van der Waals surface area contributed by atoms with Gasteiger partial charge >= 0.3 is 0 Å². The molecule has 3 aromatic carbocycles. The van der Waals surface area contributed by atoms with Gasteiger partial charge in [-0.3, -0.25) is 9.59 Å². The fourth-order valence-electron chi connectivity index (χ4n) is 3.31. The summed E-state index contributed by atoms with van der Waals surface area (Å²) in [6.07, 6.45) is 0. The molecule has 0 aliphatic carbocycles. The number of carbonyl (C=O) groups is 2. The van der Waals surface area contributed by atoms with Crippen molar-refractivity contribution in [1.29, 1.82) is 0 Å². The normalized spacial score (nSPS) is 12.8. The molecule has 0 radical (unpaired) electrons. The Bertz CT molecular complexity index is 1020. The summed E-state index contributed by atoms with van der Waals surface area (Å²) < 4.78 is 28.2. The minimum Gasteiger partial charge on any atom is -0.368 e. The van der Waals surface area contributed by atoms with Gasteiger partial charge in [-0.05, 0) is 42.3 Å². The Kier molecular flexibility index (Phi) is 6.02. The first kappa shape index (κ1) is 20.2. The molecule has 2 N–H and O–H groups in total. The lowest BCUT2D eigenvalue weighted by atomic mass is 9.98. The predicted molar refractivity (Wildman–Crippen MR) is 106 cm³/mol. The smallest absolute Gasteiger partial charge is 0.258 e. The minimum absolute atomic E-state index is 0.196.